The zero-order valence-corrected chi connectivity index (χ0v) is 14.3. The smallest absolute Gasteiger partial charge is 0.337 e. The van der Waals surface area contributed by atoms with Crippen molar-refractivity contribution in [3.05, 3.63) is 77.6 Å². The predicted octanol–water partition coefficient (Wildman–Crippen LogP) is 2.68. The van der Waals surface area contributed by atoms with Gasteiger partial charge in [0.1, 0.15) is 6.04 Å². The first kappa shape index (κ1) is 16.8. The van der Waals surface area contributed by atoms with Crippen molar-refractivity contribution in [2.45, 2.75) is 12.5 Å². The molecule has 4 rings (SSSR count). The van der Waals surface area contributed by atoms with E-state index in [1.54, 1.807) is 35.6 Å². The molecule has 3 heterocycles. The standard InChI is InChI=1S/C19H17N5O3/c25-18(26)12-5-1-2-6-13(12)23-19(27)24-10-8-14-16(22-11-21-14)17(24)15-7-3-4-9-20-15/h1-7,9,11,17H,8,10H2,(H,21,22)(H,23,27)(H,25,26)/t17-/m0/s1. The van der Waals surface area contributed by atoms with Crippen molar-refractivity contribution < 1.29 is 14.7 Å². The van der Waals surface area contributed by atoms with E-state index in [9.17, 15) is 14.7 Å². The number of benzene rings is 1. The predicted molar refractivity (Wildman–Crippen MR) is 97.5 cm³/mol. The van der Waals surface area contributed by atoms with E-state index < -0.39 is 18.0 Å². The highest BCUT2D eigenvalue weighted by Crippen LogP contribution is 2.32. The molecular formula is C19H17N5O3. The maximum Gasteiger partial charge on any atom is 0.337 e. The number of carboxylic acids is 1. The Morgan fingerprint density at radius 1 is 1.15 bits per heavy atom. The van der Waals surface area contributed by atoms with Crippen LogP contribution < -0.4 is 5.32 Å². The summed E-state index contributed by atoms with van der Waals surface area (Å²) in [6.45, 7) is 0.456. The van der Waals surface area contributed by atoms with Crippen molar-refractivity contribution in [1.29, 1.82) is 0 Å². The second kappa shape index (κ2) is 6.91. The number of carbonyl (C=O) groups is 2. The number of imidazole rings is 1. The number of anilines is 1. The molecule has 3 aromatic rings. The Morgan fingerprint density at radius 3 is 2.74 bits per heavy atom. The summed E-state index contributed by atoms with van der Waals surface area (Å²) in [6, 6.07) is 11.0. The van der Waals surface area contributed by atoms with Crippen LogP contribution in [-0.2, 0) is 6.42 Å². The van der Waals surface area contributed by atoms with E-state index in [0.717, 1.165) is 11.4 Å². The van der Waals surface area contributed by atoms with E-state index in [4.69, 9.17) is 0 Å². The maximum absolute atomic E-state index is 13.0. The molecule has 0 aliphatic carbocycles. The average Bonchev–Trinajstić information content (AvgIpc) is 3.17. The van der Waals surface area contributed by atoms with Gasteiger partial charge in [0.2, 0.25) is 0 Å². The number of nitrogens with one attached hydrogen (secondary N) is 2. The molecule has 8 heteroatoms. The lowest BCUT2D eigenvalue weighted by molar-refractivity contribution is 0.0698. The van der Waals surface area contributed by atoms with Crippen LogP contribution in [0.2, 0.25) is 0 Å². The number of aromatic carboxylic acids is 1. The number of carbonyl (C=O) groups excluding carboxylic acids is 1. The van der Waals surface area contributed by atoms with Crippen molar-refractivity contribution in [2.75, 3.05) is 11.9 Å². The fourth-order valence-electron chi connectivity index (χ4n) is 3.30. The molecule has 1 aliphatic heterocycles. The summed E-state index contributed by atoms with van der Waals surface area (Å²) in [5, 5.41) is 12.1. The summed E-state index contributed by atoms with van der Waals surface area (Å²) >= 11 is 0. The number of nitrogens with zero attached hydrogens (tertiary/aromatic N) is 3. The lowest BCUT2D eigenvalue weighted by Gasteiger charge is -2.34. The summed E-state index contributed by atoms with van der Waals surface area (Å²) < 4.78 is 0. The van der Waals surface area contributed by atoms with Gasteiger partial charge in [-0.05, 0) is 24.3 Å². The number of carboxylic acid groups (broad SMARTS) is 1. The van der Waals surface area contributed by atoms with Crippen LogP contribution in [0.15, 0.2) is 55.0 Å². The highest BCUT2D eigenvalue weighted by Gasteiger charge is 2.35. The number of pyridine rings is 1. The van der Waals surface area contributed by atoms with Crippen molar-refractivity contribution in [3.8, 4) is 0 Å². The van der Waals surface area contributed by atoms with Gasteiger partial charge in [-0.1, -0.05) is 18.2 Å². The lowest BCUT2D eigenvalue weighted by Crippen LogP contribution is -2.43. The molecule has 0 bridgehead atoms. The van der Waals surface area contributed by atoms with Crippen LogP contribution in [-0.4, -0.2) is 43.5 Å². The van der Waals surface area contributed by atoms with Gasteiger partial charge in [-0.2, -0.15) is 0 Å². The molecule has 0 spiro atoms. The van der Waals surface area contributed by atoms with Gasteiger partial charge in [0.05, 0.1) is 29.0 Å². The Morgan fingerprint density at radius 2 is 1.96 bits per heavy atom. The molecule has 1 aliphatic rings. The van der Waals surface area contributed by atoms with Crippen LogP contribution in [0.1, 0.15) is 33.5 Å². The molecule has 1 atom stereocenters. The monoisotopic (exact) mass is 363 g/mol. The Balaban J connectivity index is 1.68. The fourth-order valence-corrected chi connectivity index (χ4v) is 3.30. The van der Waals surface area contributed by atoms with E-state index in [-0.39, 0.29) is 11.3 Å². The maximum atomic E-state index is 13.0. The molecule has 3 N–H and O–H groups in total. The molecule has 136 valence electrons. The Labute approximate surface area is 154 Å². The molecule has 27 heavy (non-hydrogen) atoms. The summed E-state index contributed by atoms with van der Waals surface area (Å²) in [6.07, 6.45) is 3.92. The normalized spacial score (nSPS) is 15.9. The minimum Gasteiger partial charge on any atom is -0.478 e. The molecule has 0 fully saturated rings. The number of fused-ring (bicyclic) bond motifs is 1. The fraction of sp³-hybridized carbons (Fsp3) is 0.158. The summed E-state index contributed by atoms with van der Waals surface area (Å²) in [4.78, 5) is 37.9. The average molecular weight is 363 g/mol. The van der Waals surface area contributed by atoms with E-state index in [1.807, 2.05) is 18.2 Å². The van der Waals surface area contributed by atoms with Gasteiger partial charge >= 0.3 is 12.0 Å². The number of H-pyrrole nitrogens is 1. The van der Waals surface area contributed by atoms with Gasteiger partial charge in [-0.3, -0.25) is 4.98 Å². The molecule has 0 radical (unpaired) electrons. The van der Waals surface area contributed by atoms with Gasteiger partial charge in [0, 0.05) is 24.9 Å². The first-order valence-electron chi connectivity index (χ1n) is 8.48. The van der Waals surface area contributed by atoms with E-state index in [2.05, 4.69) is 20.3 Å². The highest BCUT2D eigenvalue weighted by molar-refractivity contribution is 6.00. The molecule has 0 saturated heterocycles. The number of urea groups is 1. The lowest BCUT2D eigenvalue weighted by atomic mass is 9.99. The second-order valence-corrected chi connectivity index (χ2v) is 6.15. The SMILES string of the molecule is O=C(O)c1ccccc1NC(=O)N1CCc2[nH]cnc2[C@@H]1c1ccccn1. The topological polar surface area (TPSA) is 111 Å². The minimum absolute atomic E-state index is 0.0395. The molecule has 0 saturated carbocycles. The van der Waals surface area contributed by atoms with Crippen LogP contribution in [0.25, 0.3) is 0 Å². The second-order valence-electron chi connectivity index (χ2n) is 6.15. The number of para-hydroxylation sites is 1. The van der Waals surface area contributed by atoms with Crippen molar-refractivity contribution >= 4 is 17.7 Å². The zero-order valence-electron chi connectivity index (χ0n) is 14.3. The number of aromatic nitrogens is 3. The third-order valence-electron chi connectivity index (χ3n) is 4.55. The largest absolute Gasteiger partial charge is 0.478 e. The van der Waals surface area contributed by atoms with Crippen LogP contribution in [0.5, 0.6) is 0 Å². The molecule has 2 aromatic heterocycles. The van der Waals surface area contributed by atoms with Gasteiger partial charge in [-0.15, -0.1) is 0 Å². The van der Waals surface area contributed by atoms with Gasteiger partial charge in [0.15, 0.2) is 0 Å². The number of amides is 2. The molecular weight excluding hydrogens is 346 g/mol. The Bertz CT molecular complexity index is 986. The zero-order chi connectivity index (χ0) is 18.8. The van der Waals surface area contributed by atoms with Gasteiger partial charge < -0.3 is 20.3 Å². The number of hydrogen-bond donors (Lipinski definition) is 3. The molecule has 0 unspecified atom stereocenters. The minimum atomic E-state index is -1.10. The third kappa shape index (κ3) is 3.12. The van der Waals surface area contributed by atoms with Gasteiger partial charge in [-0.25, -0.2) is 14.6 Å². The highest BCUT2D eigenvalue weighted by atomic mass is 16.4. The molecule has 1 aromatic carbocycles. The van der Waals surface area contributed by atoms with Crippen molar-refractivity contribution in [3.63, 3.8) is 0 Å². The van der Waals surface area contributed by atoms with Crippen LogP contribution >= 0.6 is 0 Å². The van der Waals surface area contributed by atoms with E-state index in [1.165, 1.54) is 6.07 Å². The summed E-state index contributed by atoms with van der Waals surface area (Å²) in [7, 11) is 0. The summed E-state index contributed by atoms with van der Waals surface area (Å²) in [5.41, 5.74) is 2.72. The van der Waals surface area contributed by atoms with Crippen molar-refractivity contribution in [2.24, 2.45) is 0 Å². The number of hydrogen-bond acceptors (Lipinski definition) is 4. The third-order valence-corrected chi connectivity index (χ3v) is 4.55. The van der Waals surface area contributed by atoms with Crippen molar-refractivity contribution in [1.82, 2.24) is 19.9 Å². The first-order valence-corrected chi connectivity index (χ1v) is 8.48. The van der Waals surface area contributed by atoms with Crippen LogP contribution in [0.4, 0.5) is 10.5 Å². The Hall–Kier alpha value is -3.68. The van der Waals surface area contributed by atoms with Gasteiger partial charge in [0.25, 0.3) is 0 Å². The number of rotatable bonds is 3. The van der Waals surface area contributed by atoms with Crippen LogP contribution in [0, 0.1) is 0 Å². The molecule has 8 nitrogen and oxygen atoms in total. The van der Waals surface area contributed by atoms with E-state index >= 15 is 0 Å². The summed E-state index contributed by atoms with van der Waals surface area (Å²) in [5.74, 6) is -1.10. The Kier molecular flexibility index (Phi) is 4.29. The quantitative estimate of drug-likeness (QED) is 0.662. The molecule has 2 amide bonds. The number of aromatic amines is 1. The first-order chi connectivity index (χ1) is 13.1. The van der Waals surface area contributed by atoms with E-state index in [0.29, 0.717) is 18.7 Å². The van der Waals surface area contributed by atoms with Crippen LogP contribution in [0.3, 0.4) is 0 Å².